The summed E-state index contributed by atoms with van der Waals surface area (Å²) in [6.45, 7) is 10.8. The molecule has 0 N–H and O–H groups in total. The fraction of sp³-hybridized carbons (Fsp3) is 0.0385. The van der Waals surface area contributed by atoms with Crippen molar-refractivity contribution in [1.29, 1.82) is 0 Å². The molecule has 7 aromatic carbocycles. The monoisotopic (exact) mass is 694 g/mol. The Kier molecular flexibility index (Phi) is 8.49. The van der Waals surface area contributed by atoms with Gasteiger partial charge in [0, 0.05) is 26.8 Å². The molecule has 0 unspecified atom stereocenters. The van der Waals surface area contributed by atoms with E-state index in [1.165, 1.54) is 5.56 Å². The van der Waals surface area contributed by atoms with Gasteiger partial charge >= 0.3 is 0 Å². The van der Waals surface area contributed by atoms with Gasteiger partial charge in [-0.1, -0.05) is 153 Å². The van der Waals surface area contributed by atoms with Crippen LogP contribution in [0.4, 0.5) is 0 Å². The van der Waals surface area contributed by atoms with E-state index in [4.69, 9.17) is 8.83 Å². The van der Waals surface area contributed by atoms with Crippen LogP contribution >= 0.6 is 0 Å². The lowest BCUT2D eigenvalue weighted by Crippen LogP contribution is -2.21. The summed E-state index contributed by atoms with van der Waals surface area (Å²) in [5.41, 5.74) is 9.04. The van der Waals surface area contributed by atoms with Crippen molar-refractivity contribution in [3.63, 3.8) is 0 Å². The SMILES string of the molecule is C=C(/C=c1/ccccc1=C)c1ccccccc(-c2cccc(C/C=c3\c(=C/C)oc4c3ccc3cc5c(cc34)oc3ccccc35)c2)c2ccccc12. The molecule has 9 aromatic rings. The molecule has 258 valence electrons. The average molecular weight is 695 g/mol. The van der Waals surface area contributed by atoms with Gasteiger partial charge in [-0.25, -0.2) is 0 Å². The highest BCUT2D eigenvalue weighted by atomic mass is 16.3. The van der Waals surface area contributed by atoms with Crippen LogP contribution in [0, 0.1) is 0 Å². The molecule has 9 rings (SSSR count). The largest absolute Gasteiger partial charge is 0.456 e. The fourth-order valence-electron chi connectivity index (χ4n) is 7.68. The maximum absolute atomic E-state index is 6.58. The van der Waals surface area contributed by atoms with Crippen molar-refractivity contribution in [3.05, 3.63) is 197 Å². The van der Waals surface area contributed by atoms with Crippen molar-refractivity contribution in [1.82, 2.24) is 0 Å². The van der Waals surface area contributed by atoms with E-state index < -0.39 is 0 Å². The molecule has 0 spiro atoms. The van der Waals surface area contributed by atoms with Crippen LogP contribution in [-0.2, 0) is 6.42 Å². The molecular weight excluding hydrogens is 657 g/mol. The minimum atomic E-state index is 0.749. The van der Waals surface area contributed by atoms with Crippen LogP contribution in [0.1, 0.15) is 18.1 Å². The van der Waals surface area contributed by atoms with Gasteiger partial charge in [0.1, 0.15) is 22.2 Å². The Labute approximate surface area is 313 Å². The second-order valence-corrected chi connectivity index (χ2v) is 13.7. The lowest BCUT2D eigenvalue weighted by atomic mass is 9.94. The van der Waals surface area contributed by atoms with Gasteiger partial charge in [-0.2, -0.15) is 0 Å². The number of para-hydroxylation sites is 1. The Morgan fingerprint density at radius 2 is 1.35 bits per heavy atom. The number of furan rings is 2. The van der Waals surface area contributed by atoms with Crippen molar-refractivity contribution in [2.75, 3.05) is 0 Å². The lowest BCUT2D eigenvalue weighted by molar-refractivity contribution is 0.577. The summed E-state index contributed by atoms with van der Waals surface area (Å²) in [6, 6.07) is 55.3. The topological polar surface area (TPSA) is 26.3 Å². The van der Waals surface area contributed by atoms with E-state index in [9.17, 15) is 0 Å². The van der Waals surface area contributed by atoms with Gasteiger partial charge in [0.05, 0.1) is 0 Å². The van der Waals surface area contributed by atoms with Crippen LogP contribution in [0.3, 0.4) is 0 Å². The quantitative estimate of drug-likeness (QED) is 0.179. The van der Waals surface area contributed by atoms with E-state index in [0.717, 1.165) is 104 Å². The van der Waals surface area contributed by atoms with Gasteiger partial charge in [-0.05, 0) is 104 Å². The van der Waals surface area contributed by atoms with Crippen molar-refractivity contribution >= 4 is 84.8 Å². The second kappa shape index (κ2) is 13.9. The van der Waals surface area contributed by atoms with Crippen molar-refractivity contribution in [3.8, 4) is 11.1 Å². The van der Waals surface area contributed by atoms with E-state index in [1.807, 2.05) is 37.3 Å². The molecule has 2 aromatic heterocycles. The minimum Gasteiger partial charge on any atom is -0.456 e. The maximum atomic E-state index is 6.58. The summed E-state index contributed by atoms with van der Waals surface area (Å²) in [4.78, 5) is 0. The highest BCUT2D eigenvalue weighted by Gasteiger charge is 2.13. The molecule has 0 radical (unpaired) electrons. The van der Waals surface area contributed by atoms with Crippen molar-refractivity contribution in [2.24, 2.45) is 0 Å². The number of fused-ring (bicyclic) bond motifs is 7. The summed E-state index contributed by atoms with van der Waals surface area (Å²) in [5.74, 6) is 0. The summed E-state index contributed by atoms with van der Waals surface area (Å²) in [5, 5.41) is 11.0. The summed E-state index contributed by atoms with van der Waals surface area (Å²) in [6.07, 6.45) is 7.23. The number of rotatable bonds is 5. The summed E-state index contributed by atoms with van der Waals surface area (Å²) < 4.78 is 12.8. The van der Waals surface area contributed by atoms with E-state index in [2.05, 4.69) is 159 Å². The molecule has 0 amide bonds. The Balaban J connectivity index is 1.15. The zero-order valence-electron chi connectivity index (χ0n) is 30.2. The van der Waals surface area contributed by atoms with Crippen LogP contribution in [0.25, 0.3) is 96.0 Å². The highest BCUT2D eigenvalue weighted by molar-refractivity contribution is 6.15. The molecule has 2 heteroatoms. The van der Waals surface area contributed by atoms with Crippen LogP contribution < -0.4 is 21.1 Å². The number of hydrogen-bond acceptors (Lipinski definition) is 2. The van der Waals surface area contributed by atoms with Crippen LogP contribution in [0.2, 0.25) is 0 Å². The third-order valence-corrected chi connectivity index (χ3v) is 10.4. The Morgan fingerprint density at radius 3 is 2.20 bits per heavy atom. The van der Waals surface area contributed by atoms with Gasteiger partial charge in [0.2, 0.25) is 0 Å². The minimum absolute atomic E-state index is 0.749. The van der Waals surface area contributed by atoms with Gasteiger partial charge in [-0.15, -0.1) is 0 Å². The van der Waals surface area contributed by atoms with Crippen LogP contribution in [0.5, 0.6) is 0 Å². The number of hydrogen-bond donors (Lipinski definition) is 0. The van der Waals surface area contributed by atoms with Crippen molar-refractivity contribution in [2.45, 2.75) is 13.3 Å². The predicted octanol–water partition coefficient (Wildman–Crippen LogP) is 11.2. The van der Waals surface area contributed by atoms with Crippen molar-refractivity contribution < 1.29 is 8.83 Å². The molecule has 0 atom stereocenters. The zero-order chi connectivity index (χ0) is 36.6. The molecule has 0 saturated heterocycles. The normalized spacial score (nSPS) is 12.7. The van der Waals surface area contributed by atoms with E-state index in [1.54, 1.807) is 0 Å². The molecular formula is C52H38O2. The molecule has 2 heterocycles. The molecule has 0 aliphatic carbocycles. The maximum Gasteiger partial charge on any atom is 0.143 e. The van der Waals surface area contributed by atoms with Gasteiger partial charge < -0.3 is 8.83 Å². The molecule has 0 bridgehead atoms. The summed E-state index contributed by atoms with van der Waals surface area (Å²) >= 11 is 0. The smallest absolute Gasteiger partial charge is 0.143 e. The van der Waals surface area contributed by atoms with E-state index >= 15 is 0 Å². The number of benzene rings is 6. The second-order valence-electron chi connectivity index (χ2n) is 13.7. The number of allylic oxidation sites excluding steroid dienone is 1. The molecule has 0 aliphatic rings. The first-order valence-corrected chi connectivity index (χ1v) is 18.4. The van der Waals surface area contributed by atoms with Gasteiger partial charge in [0.15, 0.2) is 0 Å². The fourth-order valence-corrected chi connectivity index (χ4v) is 7.68. The standard InChI is InChI=1S/C52H38O2/c1-4-49-45(46-29-27-39-32-48-44-24-13-14-25-50(44)53-51(48)33-47(39)52(46)54-49)28-26-36-17-15-19-38(31-36)41-21-8-6-5-7-20-40(42-22-11-12-23-43(41)42)35(3)30-37-18-10-9-16-34(37)2/h4-25,27-33H,2-3,26H2,1H3/b6-5?,7-5?,8-6?,20-7?,21-8?,37-30-,40-20?,41-21?,42-40?,43-41?,45-28-,49-4+. The first-order valence-electron chi connectivity index (χ1n) is 18.4. The summed E-state index contributed by atoms with van der Waals surface area (Å²) in [7, 11) is 0. The predicted molar refractivity (Wildman–Crippen MR) is 230 cm³/mol. The third kappa shape index (κ3) is 5.98. The van der Waals surface area contributed by atoms with E-state index in [-0.39, 0.29) is 0 Å². The Hall–Kier alpha value is -6.90. The average Bonchev–Trinajstić information content (AvgIpc) is 3.76. The van der Waals surface area contributed by atoms with E-state index in [0.29, 0.717) is 0 Å². The molecule has 0 fully saturated rings. The molecule has 0 saturated carbocycles. The first-order chi connectivity index (χ1) is 26.6. The van der Waals surface area contributed by atoms with Crippen LogP contribution in [-0.4, -0.2) is 0 Å². The Morgan fingerprint density at radius 1 is 0.593 bits per heavy atom. The van der Waals surface area contributed by atoms with Crippen LogP contribution in [0.15, 0.2) is 173 Å². The zero-order valence-corrected chi connectivity index (χ0v) is 30.2. The van der Waals surface area contributed by atoms with Gasteiger partial charge in [-0.3, -0.25) is 0 Å². The Bertz CT molecular complexity index is 3250. The molecule has 54 heavy (non-hydrogen) atoms. The molecule has 0 aliphatic heterocycles. The lowest BCUT2D eigenvalue weighted by Gasteiger charge is -2.10. The van der Waals surface area contributed by atoms with Gasteiger partial charge in [0.25, 0.3) is 0 Å². The third-order valence-electron chi connectivity index (χ3n) is 10.4. The molecule has 2 nitrogen and oxygen atoms in total. The first kappa shape index (κ1) is 33.0. The highest BCUT2D eigenvalue weighted by Crippen LogP contribution is 2.35.